The van der Waals surface area contributed by atoms with Crippen LogP contribution in [0.2, 0.25) is 0 Å². The van der Waals surface area contributed by atoms with Gasteiger partial charge >= 0.3 is 0 Å². The second-order valence-electron chi connectivity index (χ2n) is 6.75. The van der Waals surface area contributed by atoms with Crippen LogP contribution >= 0.6 is 0 Å². The van der Waals surface area contributed by atoms with Gasteiger partial charge in [-0.15, -0.1) is 0 Å². The Morgan fingerprint density at radius 1 is 1.43 bits per heavy atom. The Morgan fingerprint density at radius 3 is 2.81 bits per heavy atom. The molecule has 1 saturated heterocycles. The van der Waals surface area contributed by atoms with E-state index in [9.17, 15) is 4.79 Å². The van der Waals surface area contributed by atoms with Crippen molar-refractivity contribution in [3.8, 4) is 0 Å². The van der Waals surface area contributed by atoms with E-state index in [4.69, 9.17) is 0 Å². The fourth-order valence-corrected chi connectivity index (χ4v) is 3.56. The Morgan fingerprint density at radius 2 is 2.19 bits per heavy atom. The van der Waals surface area contributed by atoms with Gasteiger partial charge in [-0.25, -0.2) is 0 Å². The molecule has 4 heteroatoms. The third kappa shape index (κ3) is 2.95. The van der Waals surface area contributed by atoms with E-state index in [0.717, 1.165) is 38.0 Å². The van der Waals surface area contributed by atoms with Crippen LogP contribution in [0.1, 0.15) is 38.8 Å². The first kappa shape index (κ1) is 14.5. The molecule has 0 bridgehead atoms. The fraction of sp³-hybridized carbons (Fsp3) is 0.647. The summed E-state index contributed by atoms with van der Waals surface area (Å²) in [4.78, 5) is 19.3. The number of aromatic nitrogens is 1. The molecule has 1 aromatic rings. The Hall–Kier alpha value is -1.42. The van der Waals surface area contributed by atoms with Gasteiger partial charge in [0.25, 0.3) is 0 Å². The lowest BCUT2D eigenvalue weighted by Gasteiger charge is -2.29. The summed E-state index contributed by atoms with van der Waals surface area (Å²) in [6, 6.07) is 6.11. The second-order valence-corrected chi connectivity index (χ2v) is 6.75. The Balaban J connectivity index is 1.68. The van der Waals surface area contributed by atoms with Crippen LogP contribution in [0, 0.1) is 11.3 Å². The summed E-state index contributed by atoms with van der Waals surface area (Å²) in [6.07, 6.45) is 5.18. The number of rotatable bonds is 4. The molecule has 1 unspecified atom stereocenters. The van der Waals surface area contributed by atoms with Gasteiger partial charge in [0, 0.05) is 18.2 Å². The minimum Gasteiger partial charge on any atom is -0.334 e. The molecule has 0 aromatic carbocycles. The highest BCUT2D eigenvalue weighted by atomic mass is 16.2. The molecule has 1 atom stereocenters. The number of carbonyl (C=O) groups is 1. The highest BCUT2D eigenvalue weighted by Gasteiger charge is 2.58. The largest absolute Gasteiger partial charge is 0.334 e. The first-order valence-electron chi connectivity index (χ1n) is 8.03. The van der Waals surface area contributed by atoms with Crippen molar-refractivity contribution in [1.29, 1.82) is 0 Å². The third-order valence-corrected chi connectivity index (χ3v) is 5.05. The van der Waals surface area contributed by atoms with Crippen LogP contribution in [0.3, 0.4) is 0 Å². The minimum absolute atomic E-state index is 0.221. The van der Waals surface area contributed by atoms with Gasteiger partial charge in [-0.2, -0.15) is 0 Å². The summed E-state index contributed by atoms with van der Waals surface area (Å²) >= 11 is 0. The van der Waals surface area contributed by atoms with Gasteiger partial charge in [0.15, 0.2) is 0 Å². The van der Waals surface area contributed by atoms with Gasteiger partial charge in [0.05, 0.1) is 12.2 Å². The number of nitrogens with zero attached hydrogens (tertiary/aromatic N) is 2. The molecule has 1 aliphatic heterocycles. The first-order chi connectivity index (χ1) is 10.1. The van der Waals surface area contributed by atoms with Crippen LogP contribution in [0.25, 0.3) is 0 Å². The predicted molar refractivity (Wildman–Crippen MR) is 82.6 cm³/mol. The van der Waals surface area contributed by atoms with Crippen molar-refractivity contribution in [3.05, 3.63) is 30.1 Å². The van der Waals surface area contributed by atoms with E-state index >= 15 is 0 Å². The average Bonchev–Trinajstić information content (AvgIpc) is 3.19. The molecule has 1 N–H and O–H groups in total. The van der Waals surface area contributed by atoms with Crippen molar-refractivity contribution in [2.75, 3.05) is 13.1 Å². The lowest BCUT2D eigenvalue weighted by atomic mass is 9.91. The number of amides is 1. The summed E-state index contributed by atoms with van der Waals surface area (Å²) in [6.45, 7) is 6.94. The van der Waals surface area contributed by atoms with Gasteiger partial charge in [-0.3, -0.25) is 9.78 Å². The minimum atomic E-state index is 0.221. The maximum Gasteiger partial charge on any atom is 0.226 e. The molecule has 1 amide bonds. The van der Waals surface area contributed by atoms with Crippen molar-refractivity contribution >= 4 is 5.91 Å². The fourth-order valence-electron chi connectivity index (χ4n) is 3.56. The van der Waals surface area contributed by atoms with Gasteiger partial charge < -0.3 is 10.2 Å². The first-order valence-corrected chi connectivity index (χ1v) is 8.03. The van der Waals surface area contributed by atoms with Crippen molar-refractivity contribution in [3.63, 3.8) is 0 Å². The number of nitrogens with one attached hydrogen (secondary N) is 1. The molecule has 3 rings (SSSR count). The van der Waals surface area contributed by atoms with E-state index in [1.54, 1.807) is 6.20 Å². The standard InChI is InChI=1S/C17H25N3O/c1-13(2)20(12-14-5-3-4-8-19-14)16(21)15-11-17(15)6-9-18-10-7-17/h3-5,8,13,15,18H,6-7,9-12H2,1-2H3. The quantitative estimate of drug-likeness (QED) is 0.923. The molecular formula is C17H25N3O. The summed E-state index contributed by atoms with van der Waals surface area (Å²) in [5.41, 5.74) is 1.28. The summed E-state index contributed by atoms with van der Waals surface area (Å²) < 4.78 is 0. The highest BCUT2D eigenvalue weighted by Crippen LogP contribution is 2.59. The average molecular weight is 287 g/mol. The molecule has 1 aromatic heterocycles. The normalized spacial score (nSPS) is 23.3. The maximum atomic E-state index is 12.9. The molecule has 2 fully saturated rings. The zero-order valence-corrected chi connectivity index (χ0v) is 13.0. The lowest BCUT2D eigenvalue weighted by molar-refractivity contribution is -0.136. The number of carbonyl (C=O) groups excluding carboxylic acids is 1. The molecule has 1 aliphatic carbocycles. The van der Waals surface area contributed by atoms with Crippen LogP contribution in [0.5, 0.6) is 0 Å². The number of piperidine rings is 1. The molecule has 1 spiro atoms. The SMILES string of the molecule is CC(C)N(Cc1ccccn1)C(=O)C1CC12CCNCC2. The maximum absolute atomic E-state index is 12.9. The van der Waals surface area contributed by atoms with Gasteiger partial charge in [0.1, 0.15) is 0 Å². The van der Waals surface area contributed by atoms with Crippen LogP contribution in [-0.2, 0) is 11.3 Å². The predicted octanol–water partition coefficient (Wildman–Crippen LogP) is 2.21. The number of hydrogen-bond acceptors (Lipinski definition) is 3. The third-order valence-electron chi connectivity index (χ3n) is 5.05. The highest BCUT2D eigenvalue weighted by molar-refractivity contribution is 5.83. The molecule has 2 heterocycles. The molecule has 21 heavy (non-hydrogen) atoms. The lowest BCUT2D eigenvalue weighted by Crippen LogP contribution is -2.40. The van der Waals surface area contributed by atoms with Gasteiger partial charge in [-0.1, -0.05) is 6.07 Å². The summed E-state index contributed by atoms with van der Waals surface area (Å²) in [7, 11) is 0. The Labute approximate surface area is 126 Å². The zero-order chi connectivity index (χ0) is 14.9. The Bertz CT molecular complexity index is 494. The van der Waals surface area contributed by atoms with Crippen LogP contribution in [-0.4, -0.2) is 34.9 Å². The van der Waals surface area contributed by atoms with E-state index in [-0.39, 0.29) is 12.0 Å². The molecule has 1 saturated carbocycles. The van der Waals surface area contributed by atoms with Crippen molar-refractivity contribution in [2.45, 2.75) is 45.7 Å². The van der Waals surface area contributed by atoms with Crippen LogP contribution in [0.15, 0.2) is 24.4 Å². The molecule has 114 valence electrons. The van der Waals surface area contributed by atoms with Gasteiger partial charge in [0.2, 0.25) is 5.91 Å². The van der Waals surface area contributed by atoms with Crippen molar-refractivity contribution < 1.29 is 4.79 Å². The van der Waals surface area contributed by atoms with E-state index in [1.807, 2.05) is 23.1 Å². The van der Waals surface area contributed by atoms with Crippen LogP contribution in [0.4, 0.5) is 0 Å². The van der Waals surface area contributed by atoms with E-state index in [1.165, 1.54) is 0 Å². The zero-order valence-electron chi connectivity index (χ0n) is 13.0. The smallest absolute Gasteiger partial charge is 0.226 e. The Kier molecular flexibility index (Phi) is 3.98. The van der Waals surface area contributed by atoms with E-state index in [0.29, 0.717) is 17.9 Å². The molecule has 4 nitrogen and oxygen atoms in total. The summed E-state index contributed by atoms with van der Waals surface area (Å²) in [5, 5.41) is 3.40. The monoisotopic (exact) mass is 287 g/mol. The van der Waals surface area contributed by atoms with E-state index < -0.39 is 0 Å². The molecule has 2 aliphatic rings. The second kappa shape index (κ2) is 5.76. The van der Waals surface area contributed by atoms with Gasteiger partial charge in [-0.05, 0) is 63.7 Å². The topological polar surface area (TPSA) is 45.2 Å². The van der Waals surface area contributed by atoms with E-state index in [2.05, 4.69) is 24.1 Å². The number of pyridine rings is 1. The molecule has 0 radical (unpaired) electrons. The van der Waals surface area contributed by atoms with Crippen molar-refractivity contribution in [1.82, 2.24) is 15.2 Å². The van der Waals surface area contributed by atoms with Crippen molar-refractivity contribution in [2.24, 2.45) is 11.3 Å². The molecular weight excluding hydrogens is 262 g/mol. The number of hydrogen-bond donors (Lipinski definition) is 1. The van der Waals surface area contributed by atoms with Crippen LogP contribution < -0.4 is 5.32 Å². The summed E-state index contributed by atoms with van der Waals surface area (Å²) in [5.74, 6) is 0.572.